The molecule has 1 fully saturated rings. The molecule has 5 nitrogen and oxygen atoms in total. The van der Waals surface area contributed by atoms with Gasteiger partial charge in [0.15, 0.2) is 0 Å². The Labute approximate surface area is 177 Å². The van der Waals surface area contributed by atoms with Crippen molar-refractivity contribution in [2.24, 2.45) is 0 Å². The molecule has 0 spiro atoms. The normalized spacial score (nSPS) is 15.1. The summed E-state index contributed by atoms with van der Waals surface area (Å²) >= 11 is 0. The van der Waals surface area contributed by atoms with Crippen LogP contribution in [0.25, 0.3) is 21.7 Å². The molecular weight excluding hydrogens is 372 g/mol. The molecule has 1 N–H and O–H groups in total. The minimum absolute atomic E-state index is 0.760. The fourth-order valence-corrected chi connectivity index (χ4v) is 4.33. The number of unbranched alkanes of at least 4 members (excludes halogenated alkanes) is 1. The predicted molar refractivity (Wildman–Crippen MR) is 123 cm³/mol. The molecule has 0 amide bonds. The van der Waals surface area contributed by atoms with E-state index in [9.17, 15) is 0 Å². The molecule has 0 saturated carbocycles. The minimum atomic E-state index is 0.760. The molecule has 154 valence electrons. The van der Waals surface area contributed by atoms with Crippen molar-refractivity contribution in [3.8, 4) is 5.75 Å². The number of aromatic nitrogens is 2. The van der Waals surface area contributed by atoms with Crippen LogP contribution < -0.4 is 9.64 Å². The molecule has 30 heavy (non-hydrogen) atoms. The zero-order chi connectivity index (χ0) is 20.2. The second kappa shape index (κ2) is 8.76. The van der Waals surface area contributed by atoms with Gasteiger partial charge in [0.05, 0.1) is 18.3 Å². The Morgan fingerprint density at radius 2 is 1.73 bits per heavy atom. The van der Waals surface area contributed by atoms with Crippen LogP contribution in [-0.4, -0.2) is 54.4 Å². The number of H-pyrrole nitrogens is 1. The Hall–Kier alpha value is -3.05. The second-order valence-corrected chi connectivity index (χ2v) is 8.00. The number of benzene rings is 3. The zero-order valence-electron chi connectivity index (χ0n) is 17.3. The average Bonchev–Trinajstić information content (AvgIpc) is 3.27. The summed E-state index contributed by atoms with van der Waals surface area (Å²) in [5.41, 5.74) is 2.40. The van der Waals surface area contributed by atoms with Crippen molar-refractivity contribution in [1.29, 1.82) is 0 Å². The third-order valence-corrected chi connectivity index (χ3v) is 6.03. The maximum absolute atomic E-state index is 5.91. The van der Waals surface area contributed by atoms with E-state index in [1.807, 2.05) is 24.4 Å². The molecule has 2 heterocycles. The molecule has 4 aromatic rings. The summed E-state index contributed by atoms with van der Waals surface area (Å²) in [5.74, 6) is 0.912. The molecule has 0 unspecified atom stereocenters. The van der Waals surface area contributed by atoms with Crippen molar-refractivity contribution in [3.63, 3.8) is 0 Å². The standard InChI is InChI=1S/C25H28N4O/c1-2-8-23-20(6-1)7-5-9-25(23)29-15-13-28(14-16-29)12-3-4-17-30-22-11-10-21-19-26-27-24(21)18-22/h1-2,5-11,18-19H,3-4,12-17H2,(H,26,27). The number of rotatable bonds is 7. The lowest BCUT2D eigenvalue weighted by Crippen LogP contribution is -2.46. The lowest BCUT2D eigenvalue weighted by atomic mass is 10.1. The van der Waals surface area contributed by atoms with Gasteiger partial charge >= 0.3 is 0 Å². The van der Waals surface area contributed by atoms with Gasteiger partial charge in [0.2, 0.25) is 0 Å². The van der Waals surface area contributed by atoms with Crippen LogP contribution in [0.3, 0.4) is 0 Å². The quantitative estimate of drug-likeness (QED) is 0.457. The summed E-state index contributed by atoms with van der Waals surface area (Å²) in [7, 11) is 0. The highest BCUT2D eigenvalue weighted by Crippen LogP contribution is 2.27. The minimum Gasteiger partial charge on any atom is -0.494 e. The summed E-state index contributed by atoms with van der Waals surface area (Å²) in [6.45, 7) is 6.34. The number of ether oxygens (including phenoxy) is 1. The van der Waals surface area contributed by atoms with Gasteiger partial charge in [-0.15, -0.1) is 0 Å². The highest BCUT2D eigenvalue weighted by molar-refractivity contribution is 5.94. The number of hydrogen-bond donors (Lipinski definition) is 1. The highest BCUT2D eigenvalue weighted by Gasteiger charge is 2.18. The third kappa shape index (κ3) is 4.12. The number of anilines is 1. The van der Waals surface area contributed by atoms with Crippen LogP contribution in [0, 0.1) is 0 Å². The van der Waals surface area contributed by atoms with Crippen molar-refractivity contribution < 1.29 is 4.74 Å². The fourth-order valence-electron chi connectivity index (χ4n) is 4.33. The van der Waals surface area contributed by atoms with Crippen LogP contribution in [0.15, 0.2) is 66.9 Å². The van der Waals surface area contributed by atoms with Crippen LogP contribution in [0.4, 0.5) is 5.69 Å². The summed E-state index contributed by atoms with van der Waals surface area (Å²) in [4.78, 5) is 5.12. The van der Waals surface area contributed by atoms with Gasteiger partial charge in [0.25, 0.3) is 0 Å². The van der Waals surface area contributed by atoms with E-state index in [1.165, 1.54) is 22.9 Å². The number of nitrogens with zero attached hydrogens (tertiary/aromatic N) is 3. The van der Waals surface area contributed by atoms with Gasteiger partial charge < -0.3 is 9.64 Å². The number of hydrogen-bond acceptors (Lipinski definition) is 4. The molecule has 1 aliphatic rings. The van der Waals surface area contributed by atoms with E-state index < -0.39 is 0 Å². The molecule has 0 atom stereocenters. The van der Waals surface area contributed by atoms with E-state index in [-0.39, 0.29) is 0 Å². The maximum atomic E-state index is 5.91. The van der Waals surface area contributed by atoms with Gasteiger partial charge in [-0.3, -0.25) is 10.00 Å². The number of fused-ring (bicyclic) bond motifs is 2. The summed E-state index contributed by atoms with van der Waals surface area (Å²) in [6.07, 6.45) is 4.07. The summed E-state index contributed by atoms with van der Waals surface area (Å²) in [5, 5.41) is 10.8. The molecular formula is C25H28N4O. The van der Waals surface area contributed by atoms with Crippen molar-refractivity contribution in [2.75, 3.05) is 44.2 Å². The molecule has 0 bridgehead atoms. The smallest absolute Gasteiger partial charge is 0.121 e. The molecule has 5 rings (SSSR count). The van der Waals surface area contributed by atoms with Crippen molar-refractivity contribution >= 4 is 27.4 Å². The van der Waals surface area contributed by atoms with E-state index in [0.29, 0.717) is 0 Å². The molecule has 1 aliphatic heterocycles. The van der Waals surface area contributed by atoms with Crippen LogP contribution in [0.1, 0.15) is 12.8 Å². The largest absolute Gasteiger partial charge is 0.494 e. The van der Waals surface area contributed by atoms with E-state index >= 15 is 0 Å². The van der Waals surface area contributed by atoms with E-state index in [0.717, 1.165) is 62.4 Å². The topological polar surface area (TPSA) is 44.4 Å². The number of piperazine rings is 1. The van der Waals surface area contributed by atoms with Gasteiger partial charge in [-0.25, -0.2) is 0 Å². The van der Waals surface area contributed by atoms with Crippen LogP contribution in [0.5, 0.6) is 5.75 Å². The SMILES string of the molecule is c1ccc2c(N3CCN(CCCCOc4ccc5cn[nH]c5c4)CC3)cccc2c1. The Kier molecular flexibility index (Phi) is 5.53. The van der Waals surface area contributed by atoms with E-state index in [2.05, 4.69) is 62.5 Å². The van der Waals surface area contributed by atoms with Crippen LogP contribution >= 0.6 is 0 Å². The fraction of sp³-hybridized carbons (Fsp3) is 0.320. The Morgan fingerprint density at radius 3 is 2.67 bits per heavy atom. The van der Waals surface area contributed by atoms with Gasteiger partial charge in [-0.05, 0) is 43.0 Å². The highest BCUT2D eigenvalue weighted by atomic mass is 16.5. The van der Waals surface area contributed by atoms with Gasteiger partial charge in [-0.2, -0.15) is 5.10 Å². The van der Waals surface area contributed by atoms with Crippen LogP contribution in [0.2, 0.25) is 0 Å². The Morgan fingerprint density at radius 1 is 0.867 bits per heavy atom. The lowest BCUT2D eigenvalue weighted by molar-refractivity contribution is 0.239. The summed E-state index contributed by atoms with van der Waals surface area (Å²) in [6, 6.07) is 21.4. The zero-order valence-corrected chi connectivity index (χ0v) is 17.3. The molecule has 5 heteroatoms. The van der Waals surface area contributed by atoms with Gasteiger partial charge in [0.1, 0.15) is 5.75 Å². The average molecular weight is 401 g/mol. The van der Waals surface area contributed by atoms with Gasteiger partial charge in [0, 0.05) is 48.7 Å². The Bertz CT molecular complexity index is 1110. The van der Waals surface area contributed by atoms with Crippen molar-refractivity contribution in [3.05, 3.63) is 66.9 Å². The third-order valence-electron chi connectivity index (χ3n) is 6.03. The molecule has 1 aromatic heterocycles. The molecule has 0 radical (unpaired) electrons. The first-order valence-electron chi connectivity index (χ1n) is 10.9. The van der Waals surface area contributed by atoms with Crippen LogP contribution in [-0.2, 0) is 0 Å². The van der Waals surface area contributed by atoms with E-state index in [1.54, 1.807) is 0 Å². The molecule has 1 saturated heterocycles. The lowest BCUT2D eigenvalue weighted by Gasteiger charge is -2.36. The first-order chi connectivity index (χ1) is 14.9. The first-order valence-corrected chi connectivity index (χ1v) is 10.9. The van der Waals surface area contributed by atoms with Crippen molar-refractivity contribution in [2.45, 2.75) is 12.8 Å². The second-order valence-electron chi connectivity index (χ2n) is 8.00. The monoisotopic (exact) mass is 400 g/mol. The summed E-state index contributed by atoms with van der Waals surface area (Å²) < 4.78 is 5.91. The Balaban J connectivity index is 1.06. The number of aromatic amines is 1. The molecule has 3 aromatic carbocycles. The molecule has 0 aliphatic carbocycles. The number of nitrogens with one attached hydrogen (secondary N) is 1. The maximum Gasteiger partial charge on any atom is 0.121 e. The first kappa shape index (κ1) is 18.9. The van der Waals surface area contributed by atoms with E-state index in [4.69, 9.17) is 4.74 Å². The predicted octanol–water partition coefficient (Wildman–Crippen LogP) is 4.70. The van der Waals surface area contributed by atoms with Gasteiger partial charge in [-0.1, -0.05) is 36.4 Å². The van der Waals surface area contributed by atoms with Crippen molar-refractivity contribution in [1.82, 2.24) is 15.1 Å².